The van der Waals surface area contributed by atoms with Gasteiger partial charge in [0.2, 0.25) is 0 Å². The highest BCUT2D eigenvalue weighted by Crippen LogP contribution is 2.41. The number of fused-ring (bicyclic) bond motifs is 6. The highest BCUT2D eigenvalue weighted by atomic mass is 16.3. The minimum atomic E-state index is 0.793. The van der Waals surface area contributed by atoms with Crippen LogP contribution < -0.4 is 4.90 Å². The van der Waals surface area contributed by atoms with Crippen molar-refractivity contribution in [1.29, 1.82) is 0 Å². The number of benzene rings is 7. The fourth-order valence-corrected chi connectivity index (χ4v) is 7.98. The SMILES string of the molecule is c1ccc(-c2ccc(-c3ccc(N(c4ccc(-c5ccnc6c5oc5ccccc56)cc4)c4ccc(-c5ccnc6c5oc5ccccc56)cc4)cc3)cc2)cc1. The number of hydrogen-bond donors (Lipinski definition) is 0. The van der Waals surface area contributed by atoms with Gasteiger partial charge in [0.25, 0.3) is 0 Å². The molecule has 0 aliphatic heterocycles. The standard InChI is InChI=1S/C52H33N3O2/c1-2-8-34(9-3-1)35-14-16-36(17-15-35)37-18-24-40(25-19-37)55(41-26-20-38(21-27-41)43-30-32-53-49-45-10-4-6-12-47(45)56-51(43)49)42-28-22-39(23-29-42)44-31-33-54-50-46-11-5-7-13-48(46)57-52(44)50/h1-33H. The van der Waals surface area contributed by atoms with Crippen molar-refractivity contribution in [3.63, 3.8) is 0 Å². The van der Waals surface area contributed by atoms with Crippen LogP contribution in [0.1, 0.15) is 0 Å². The van der Waals surface area contributed by atoms with Crippen molar-refractivity contribution in [1.82, 2.24) is 9.97 Å². The minimum Gasteiger partial charge on any atom is -0.454 e. The van der Waals surface area contributed by atoms with Crippen LogP contribution in [0.5, 0.6) is 0 Å². The Hall–Kier alpha value is -7.76. The van der Waals surface area contributed by atoms with Crippen molar-refractivity contribution >= 4 is 61.2 Å². The van der Waals surface area contributed by atoms with E-state index in [9.17, 15) is 0 Å². The van der Waals surface area contributed by atoms with Gasteiger partial charge < -0.3 is 13.7 Å². The number of rotatable bonds is 7. The van der Waals surface area contributed by atoms with Gasteiger partial charge in [0.05, 0.1) is 0 Å². The predicted octanol–water partition coefficient (Wildman–Crippen LogP) is 14.4. The van der Waals surface area contributed by atoms with Gasteiger partial charge in [0.15, 0.2) is 11.2 Å². The number of anilines is 3. The van der Waals surface area contributed by atoms with E-state index in [2.05, 4.69) is 148 Å². The largest absolute Gasteiger partial charge is 0.454 e. The van der Waals surface area contributed by atoms with Crippen LogP contribution in [-0.4, -0.2) is 9.97 Å². The molecule has 11 aromatic rings. The molecule has 0 atom stereocenters. The number of para-hydroxylation sites is 2. The molecule has 11 rings (SSSR count). The van der Waals surface area contributed by atoms with Gasteiger partial charge in [0, 0.05) is 51.4 Å². The van der Waals surface area contributed by atoms with E-state index in [-0.39, 0.29) is 0 Å². The van der Waals surface area contributed by atoms with Crippen LogP contribution in [0, 0.1) is 0 Å². The molecule has 57 heavy (non-hydrogen) atoms. The van der Waals surface area contributed by atoms with Gasteiger partial charge in [-0.15, -0.1) is 0 Å². The summed E-state index contributed by atoms with van der Waals surface area (Å²) in [7, 11) is 0. The van der Waals surface area contributed by atoms with Crippen molar-refractivity contribution in [3.05, 3.63) is 200 Å². The first kappa shape index (κ1) is 32.7. The Kier molecular flexibility index (Phi) is 7.74. The summed E-state index contributed by atoms with van der Waals surface area (Å²) in [6.07, 6.45) is 3.72. The van der Waals surface area contributed by atoms with E-state index in [1.165, 1.54) is 16.7 Å². The van der Waals surface area contributed by atoms with Gasteiger partial charge in [-0.2, -0.15) is 0 Å². The van der Waals surface area contributed by atoms with E-state index in [0.29, 0.717) is 0 Å². The average Bonchev–Trinajstić information content (AvgIpc) is 3.87. The lowest BCUT2D eigenvalue weighted by Crippen LogP contribution is -2.09. The molecule has 0 saturated carbocycles. The van der Waals surface area contributed by atoms with Crippen LogP contribution in [0.15, 0.2) is 209 Å². The van der Waals surface area contributed by atoms with E-state index >= 15 is 0 Å². The molecule has 0 radical (unpaired) electrons. The van der Waals surface area contributed by atoms with E-state index in [1.54, 1.807) is 0 Å². The van der Waals surface area contributed by atoms with Crippen LogP contribution in [0.4, 0.5) is 17.1 Å². The Balaban J connectivity index is 0.972. The van der Waals surface area contributed by atoms with Crippen molar-refractivity contribution < 1.29 is 8.83 Å². The third-order valence-corrected chi connectivity index (χ3v) is 10.8. The highest BCUT2D eigenvalue weighted by Gasteiger charge is 2.18. The van der Waals surface area contributed by atoms with Gasteiger partial charge in [-0.1, -0.05) is 115 Å². The molecule has 0 aliphatic carbocycles. The summed E-state index contributed by atoms with van der Waals surface area (Å²) in [5.41, 5.74) is 17.0. The lowest BCUT2D eigenvalue weighted by atomic mass is 10.00. The van der Waals surface area contributed by atoms with E-state index in [1.807, 2.05) is 67.0 Å². The van der Waals surface area contributed by atoms with Gasteiger partial charge in [-0.25, -0.2) is 0 Å². The molecule has 5 nitrogen and oxygen atoms in total. The van der Waals surface area contributed by atoms with Crippen LogP contribution in [0.25, 0.3) is 88.6 Å². The van der Waals surface area contributed by atoms with Crippen molar-refractivity contribution in [3.8, 4) is 44.5 Å². The molecule has 7 aromatic carbocycles. The van der Waals surface area contributed by atoms with Gasteiger partial charge in [0.1, 0.15) is 22.2 Å². The Labute approximate surface area is 328 Å². The number of nitrogens with zero attached hydrogens (tertiary/aromatic N) is 3. The molecular formula is C52H33N3O2. The predicted molar refractivity (Wildman–Crippen MR) is 233 cm³/mol. The van der Waals surface area contributed by atoms with Crippen LogP contribution in [0.2, 0.25) is 0 Å². The monoisotopic (exact) mass is 731 g/mol. The molecule has 0 saturated heterocycles. The second-order valence-electron chi connectivity index (χ2n) is 14.2. The molecule has 0 fully saturated rings. The first-order valence-electron chi connectivity index (χ1n) is 19.0. The second-order valence-corrected chi connectivity index (χ2v) is 14.2. The number of pyridine rings is 2. The van der Waals surface area contributed by atoms with Gasteiger partial charge in [-0.3, -0.25) is 9.97 Å². The highest BCUT2D eigenvalue weighted by molar-refractivity contribution is 6.08. The molecule has 0 bridgehead atoms. The number of aromatic nitrogens is 2. The summed E-state index contributed by atoms with van der Waals surface area (Å²) in [5, 5.41) is 2.04. The van der Waals surface area contributed by atoms with E-state index < -0.39 is 0 Å². The normalized spacial score (nSPS) is 11.5. The summed E-state index contributed by atoms with van der Waals surface area (Å²) in [4.78, 5) is 11.6. The summed E-state index contributed by atoms with van der Waals surface area (Å²) >= 11 is 0. The number of hydrogen-bond acceptors (Lipinski definition) is 5. The van der Waals surface area contributed by atoms with Crippen molar-refractivity contribution in [2.24, 2.45) is 0 Å². The molecule has 5 heteroatoms. The zero-order valence-electron chi connectivity index (χ0n) is 30.7. The molecule has 0 unspecified atom stereocenters. The maximum absolute atomic E-state index is 6.34. The fraction of sp³-hybridized carbons (Fsp3) is 0. The molecule has 0 aliphatic rings. The molecule has 0 N–H and O–H groups in total. The smallest absolute Gasteiger partial charge is 0.161 e. The Morgan fingerprint density at radius 1 is 0.316 bits per heavy atom. The zero-order chi connectivity index (χ0) is 37.7. The number of furan rings is 2. The molecule has 4 aromatic heterocycles. The lowest BCUT2D eigenvalue weighted by molar-refractivity contribution is 0.669. The Bertz CT molecular complexity index is 3040. The lowest BCUT2D eigenvalue weighted by Gasteiger charge is -2.26. The first-order valence-corrected chi connectivity index (χ1v) is 19.0. The van der Waals surface area contributed by atoms with Crippen molar-refractivity contribution in [2.75, 3.05) is 4.90 Å². The van der Waals surface area contributed by atoms with Crippen molar-refractivity contribution in [2.45, 2.75) is 0 Å². The minimum absolute atomic E-state index is 0.793. The quantitative estimate of drug-likeness (QED) is 0.163. The zero-order valence-corrected chi connectivity index (χ0v) is 30.7. The molecule has 268 valence electrons. The molecule has 4 heterocycles. The topological polar surface area (TPSA) is 55.3 Å². The maximum atomic E-state index is 6.34. The third-order valence-electron chi connectivity index (χ3n) is 10.8. The first-order chi connectivity index (χ1) is 28.2. The van der Waals surface area contributed by atoms with Gasteiger partial charge >= 0.3 is 0 Å². The Morgan fingerprint density at radius 3 is 1.11 bits per heavy atom. The average molecular weight is 732 g/mol. The molecule has 0 amide bonds. The van der Waals surface area contributed by atoms with Crippen LogP contribution >= 0.6 is 0 Å². The fourth-order valence-electron chi connectivity index (χ4n) is 7.98. The van der Waals surface area contributed by atoms with E-state index in [0.717, 1.165) is 89.0 Å². The van der Waals surface area contributed by atoms with Gasteiger partial charge in [-0.05, 0) is 106 Å². The maximum Gasteiger partial charge on any atom is 0.161 e. The van der Waals surface area contributed by atoms with Crippen LogP contribution in [-0.2, 0) is 0 Å². The van der Waals surface area contributed by atoms with E-state index in [4.69, 9.17) is 8.83 Å². The summed E-state index contributed by atoms with van der Waals surface area (Å²) in [6.45, 7) is 0. The summed E-state index contributed by atoms with van der Waals surface area (Å²) in [5.74, 6) is 0. The molecular weight excluding hydrogens is 699 g/mol. The third kappa shape index (κ3) is 5.72. The summed E-state index contributed by atoms with van der Waals surface area (Å²) < 4.78 is 12.7. The summed E-state index contributed by atoms with van der Waals surface area (Å²) in [6, 6.07) is 65.6. The van der Waals surface area contributed by atoms with Crippen LogP contribution in [0.3, 0.4) is 0 Å². The second kappa shape index (κ2) is 13.5. The molecule has 0 spiro atoms. The Morgan fingerprint density at radius 2 is 0.667 bits per heavy atom.